The molecule has 0 bridgehead atoms. The molecule has 8 heteroatoms. The molecule has 0 aliphatic carbocycles. The molecule has 0 atom stereocenters. The van der Waals surface area contributed by atoms with E-state index in [1.165, 1.54) is 18.2 Å². The van der Waals surface area contributed by atoms with Gasteiger partial charge in [0.15, 0.2) is 0 Å². The van der Waals surface area contributed by atoms with E-state index < -0.39 is 11.7 Å². The van der Waals surface area contributed by atoms with Crippen molar-refractivity contribution in [2.45, 2.75) is 12.7 Å². The van der Waals surface area contributed by atoms with Gasteiger partial charge in [-0.1, -0.05) is 12.1 Å². The number of alkyl halides is 3. The Bertz CT molecular complexity index is 761. The number of amides is 1. The van der Waals surface area contributed by atoms with Crippen molar-refractivity contribution in [3.8, 4) is 0 Å². The highest BCUT2D eigenvalue weighted by Crippen LogP contribution is 2.29. The lowest BCUT2D eigenvalue weighted by molar-refractivity contribution is -0.138. The molecule has 1 aliphatic heterocycles. The fraction of sp³-hybridized carbons (Fsp3) is 0.294. The second-order valence-electron chi connectivity index (χ2n) is 5.77. The number of hydrogen-bond acceptors (Lipinski definition) is 3. The highest BCUT2D eigenvalue weighted by Gasteiger charge is 2.31. The van der Waals surface area contributed by atoms with Gasteiger partial charge in [0.2, 0.25) is 5.91 Å². The molecule has 1 aromatic carbocycles. The zero-order chi connectivity index (χ0) is 18.0. The predicted molar refractivity (Wildman–Crippen MR) is 83.3 cm³/mol. The Kier molecular flexibility index (Phi) is 4.61. The third-order valence-corrected chi connectivity index (χ3v) is 3.98. The zero-order valence-corrected chi connectivity index (χ0v) is 13.1. The summed E-state index contributed by atoms with van der Waals surface area (Å²) in [6, 6.07) is 8.23. The van der Waals surface area contributed by atoms with Crippen LogP contribution in [0.25, 0.3) is 0 Å². The van der Waals surface area contributed by atoms with Crippen LogP contribution in [0.2, 0.25) is 0 Å². The molecule has 2 aromatic rings. The first-order chi connectivity index (χ1) is 11.8. The van der Waals surface area contributed by atoms with Crippen LogP contribution in [0.15, 0.2) is 42.6 Å². The number of pyridine rings is 1. The van der Waals surface area contributed by atoms with Crippen LogP contribution in [0.3, 0.4) is 0 Å². The molecular formula is C17H15F4N3O. The minimum atomic E-state index is -4.44. The Balaban J connectivity index is 1.64. The van der Waals surface area contributed by atoms with Crippen molar-refractivity contribution < 1.29 is 22.4 Å². The van der Waals surface area contributed by atoms with Crippen molar-refractivity contribution in [3.63, 3.8) is 0 Å². The van der Waals surface area contributed by atoms with Gasteiger partial charge in [-0.3, -0.25) is 4.79 Å². The molecule has 3 rings (SSSR count). The van der Waals surface area contributed by atoms with Gasteiger partial charge in [-0.15, -0.1) is 0 Å². The number of halogens is 4. The number of anilines is 1. The van der Waals surface area contributed by atoms with Crippen LogP contribution in [-0.4, -0.2) is 35.4 Å². The lowest BCUT2D eigenvalue weighted by Gasteiger charge is -2.35. The third kappa shape index (κ3) is 4.07. The van der Waals surface area contributed by atoms with Crippen LogP contribution >= 0.6 is 0 Å². The van der Waals surface area contributed by atoms with Crippen LogP contribution in [0.1, 0.15) is 11.1 Å². The van der Waals surface area contributed by atoms with Gasteiger partial charge >= 0.3 is 6.18 Å². The fourth-order valence-corrected chi connectivity index (χ4v) is 2.67. The normalized spacial score (nSPS) is 15.6. The van der Waals surface area contributed by atoms with E-state index in [2.05, 4.69) is 4.98 Å². The number of nitrogens with zero attached hydrogens (tertiary/aromatic N) is 3. The maximum atomic E-state index is 13.2. The van der Waals surface area contributed by atoms with E-state index in [-0.39, 0.29) is 18.3 Å². The summed E-state index contributed by atoms with van der Waals surface area (Å²) < 4.78 is 50.9. The van der Waals surface area contributed by atoms with E-state index in [1.54, 1.807) is 21.9 Å². The van der Waals surface area contributed by atoms with Crippen molar-refractivity contribution in [2.24, 2.45) is 0 Å². The molecule has 1 amide bonds. The van der Waals surface area contributed by atoms with Gasteiger partial charge in [0.05, 0.1) is 12.1 Å². The molecule has 1 fully saturated rings. The summed E-state index contributed by atoms with van der Waals surface area (Å²) in [5.74, 6) is -0.221. The summed E-state index contributed by atoms with van der Waals surface area (Å²) in [6.07, 6.45) is -3.68. The Hall–Kier alpha value is -2.64. The summed E-state index contributed by atoms with van der Waals surface area (Å²) in [7, 11) is 0. The number of hydrogen-bond donors (Lipinski definition) is 0. The van der Waals surface area contributed by atoms with E-state index in [1.807, 2.05) is 0 Å². The lowest BCUT2D eigenvalue weighted by atomic mass is 10.2. The van der Waals surface area contributed by atoms with Gasteiger partial charge < -0.3 is 9.80 Å². The standard InChI is InChI=1S/C17H15F4N3O/c18-14-3-1-2-12(8-14)10-24-7-6-23(11-16(24)25)15-5-4-13(9-22-15)17(19,20)21/h1-5,8-9H,6-7,10-11H2. The third-order valence-electron chi connectivity index (χ3n) is 3.98. The molecule has 0 radical (unpaired) electrons. The predicted octanol–water partition coefficient (Wildman–Crippen LogP) is 3.09. The van der Waals surface area contributed by atoms with E-state index in [9.17, 15) is 22.4 Å². The molecule has 0 spiro atoms. The number of carbonyl (C=O) groups excluding carboxylic acids is 1. The van der Waals surface area contributed by atoms with E-state index in [0.29, 0.717) is 31.0 Å². The van der Waals surface area contributed by atoms with Crippen molar-refractivity contribution in [1.29, 1.82) is 0 Å². The number of piperazine rings is 1. The summed E-state index contributed by atoms with van der Waals surface area (Å²) in [4.78, 5) is 19.3. The Morgan fingerprint density at radius 1 is 1.12 bits per heavy atom. The quantitative estimate of drug-likeness (QED) is 0.796. The maximum absolute atomic E-state index is 13.2. The first-order valence-electron chi connectivity index (χ1n) is 7.63. The molecule has 1 saturated heterocycles. The second kappa shape index (κ2) is 6.70. The SMILES string of the molecule is O=C1CN(c2ccc(C(F)(F)F)cn2)CCN1Cc1cccc(F)c1. The van der Waals surface area contributed by atoms with Crippen LogP contribution in [0.5, 0.6) is 0 Å². The average molecular weight is 353 g/mol. The molecule has 0 unspecified atom stereocenters. The van der Waals surface area contributed by atoms with Crippen molar-refractivity contribution in [2.75, 3.05) is 24.5 Å². The lowest BCUT2D eigenvalue weighted by Crippen LogP contribution is -2.50. The Morgan fingerprint density at radius 3 is 2.52 bits per heavy atom. The van der Waals surface area contributed by atoms with Crippen molar-refractivity contribution in [3.05, 3.63) is 59.5 Å². The number of rotatable bonds is 3. The Morgan fingerprint density at radius 2 is 1.92 bits per heavy atom. The fourth-order valence-electron chi connectivity index (χ4n) is 2.67. The van der Waals surface area contributed by atoms with Crippen LogP contribution in [0.4, 0.5) is 23.4 Å². The molecule has 25 heavy (non-hydrogen) atoms. The smallest absolute Gasteiger partial charge is 0.346 e. The highest BCUT2D eigenvalue weighted by atomic mass is 19.4. The Labute approximate surface area is 141 Å². The number of carbonyl (C=O) groups is 1. The van der Waals surface area contributed by atoms with E-state index >= 15 is 0 Å². The average Bonchev–Trinajstić information content (AvgIpc) is 2.56. The number of aromatic nitrogens is 1. The summed E-state index contributed by atoms with van der Waals surface area (Å²) >= 11 is 0. The molecule has 0 saturated carbocycles. The largest absolute Gasteiger partial charge is 0.417 e. The summed E-state index contributed by atoms with van der Waals surface area (Å²) in [5.41, 5.74) is -0.137. The summed E-state index contributed by atoms with van der Waals surface area (Å²) in [5, 5.41) is 0. The van der Waals surface area contributed by atoms with Gasteiger partial charge in [0, 0.05) is 25.8 Å². The highest BCUT2D eigenvalue weighted by molar-refractivity contribution is 5.82. The first kappa shape index (κ1) is 17.2. The minimum absolute atomic E-state index is 0.0215. The second-order valence-corrected chi connectivity index (χ2v) is 5.77. The van der Waals surface area contributed by atoms with Crippen LogP contribution in [-0.2, 0) is 17.5 Å². The molecule has 1 aliphatic rings. The van der Waals surface area contributed by atoms with Gasteiger partial charge in [-0.25, -0.2) is 9.37 Å². The minimum Gasteiger partial charge on any atom is -0.346 e. The van der Waals surface area contributed by atoms with Gasteiger partial charge in [0.1, 0.15) is 11.6 Å². The molecule has 4 nitrogen and oxygen atoms in total. The molecule has 132 valence electrons. The van der Waals surface area contributed by atoms with E-state index in [4.69, 9.17) is 0 Å². The van der Waals surface area contributed by atoms with E-state index in [0.717, 1.165) is 12.3 Å². The van der Waals surface area contributed by atoms with Crippen LogP contribution in [0, 0.1) is 5.82 Å². The number of benzene rings is 1. The maximum Gasteiger partial charge on any atom is 0.417 e. The molecule has 0 N–H and O–H groups in total. The van der Waals surface area contributed by atoms with Gasteiger partial charge in [0.25, 0.3) is 0 Å². The molecule has 2 heterocycles. The van der Waals surface area contributed by atoms with Crippen LogP contribution < -0.4 is 4.90 Å². The molecule has 1 aromatic heterocycles. The van der Waals surface area contributed by atoms with Gasteiger partial charge in [-0.2, -0.15) is 13.2 Å². The van der Waals surface area contributed by atoms with Gasteiger partial charge in [-0.05, 0) is 29.8 Å². The first-order valence-corrected chi connectivity index (χ1v) is 7.63. The zero-order valence-electron chi connectivity index (χ0n) is 13.1. The molecular weight excluding hydrogens is 338 g/mol. The summed E-state index contributed by atoms with van der Waals surface area (Å²) in [6.45, 7) is 1.15. The van der Waals surface area contributed by atoms with Crippen molar-refractivity contribution in [1.82, 2.24) is 9.88 Å². The topological polar surface area (TPSA) is 36.4 Å². The monoisotopic (exact) mass is 353 g/mol. The van der Waals surface area contributed by atoms with Crippen molar-refractivity contribution >= 4 is 11.7 Å².